The number of rotatable bonds is 3. The number of nitrogens with one attached hydrogen (secondary N) is 1. The van der Waals surface area contributed by atoms with Crippen molar-refractivity contribution in [1.29, 1.82) is 0 Å². The molecule has 0 unspecified atom stereocenters. The van der Waals surface area contributed by atoms with Crippen molar-refractivity contribution in [3.8, 4) is 0 Å². The molecule has 0 radical (unpaired) electrons. The predicted octanol–water partition coefficient (Wildman–Crippen LogP) is 3.17. The molecule has 0 aliphatic heterocycles. The van der Waals surface area contributed by atoms with Crippen molar-refractivity contribution >= 4 is 33.5 Å². The quantitative estimate of drug-likeness (QED) is 0.925. The number of aromatic nitrogens is 2. The molecule has 2 aromatic rings. The molecular formula is C15H17BrN4O. The smallest absolute Gasteiger partial charge is 0.256 e. The van der Waals surface area contributed by atoms with Gasteiger partial charge in [0.25, 0.3) is 5.91 Å². The number of carbonyl (C=O) groups excluding carboxylic acids is 1. The Morgan fingerprint density at radius 3 is 2.24 bits per heavy atom. The molecule has 5 nitrogen and oxygen atoms in total. The van der Waals surface area contributed by atoms with E-state index < -0.39 is 0 Å². The van der Waals surface area contributed by atoms with Gasteiger partial charge in [-0.25, -0.2) is 9.97 Å². The van der Waals surface area contributed by atoms with E-state index in [1.807, 2.05) is 51.0 Å². The van der Waals surface area contributed by atoms with Crippen LogP contribution in [0.4, 0.5) is 11.6 Å². The topological polar surface area (TPSA) is 58.1 Å². The molecule has 110 valence electrons. The summed E-state index contributed by atoms with van der Waals surface area (Å²) in [6.45, 7) is 3.72. The van der Waals surface area contributed by atoms with Crippen molar-refractivity contribution in [3.05, 3.63) is 45.7 Å². The average molecular weight is 349 g/mol. The first-order valence-electron chi connectivity index (χ1n) is 6.48. The fraction of sp³-hybridized carbons (Fsp3) is 0.267. The summed E-state index contributed by atoms with van der Waals surface area (Å²) in [5, 5.41) is 2.89. The van der Waals surface area contributed by atoms with Crippen molar-refractivity contribution in [2.24, 2.45) is 0 Å². The van der Waals surface area contributed by atoms with Crippen molar-refractivity contribution < 1.29 is 4.79 Å². The summed E-state index contributed by atoms with van der Waals surface area (Å²) < 4.78 is 0.753. The highest BCUT2D eigenvalue weighted by atomic mass is 79.9. The summed E-state index contributed by atoms with van der Waals surface area (Å²) in [4.78, 5) is 23.0. The second-order valence-corrected chi connectivity index (χ2v) is 5.75. The summed E-state index contributed by atoms with van der Waals surface area (Å²) in [5.41, 5.74) is 2.72. The fourth-order valence-corrected chi connectivity index (χ4v) is 2.37. The second-order valence-electron chi connectivity index (χ2n) is 4.90. The Morgan fingerprint density at radius 1 is 1.14 bits per heavy atom. The normalized spacial score (nSPS) is 10.3. The number of nitrogens with zero attached hydrogens (tertiary/aromatic N) is 3. The van der Waals surface area contributed by atoms with Crippen LogP contribution in [0.25, 0.3) is 0 Å². The third-order valence-corrected chi connectivity index (χ3v) is 3.71. The molecule has 2 rings (SSSR count). The SMILES string of the molecule is Cc1nc(N(C)C)nc(C)c1NC(=O)c1ccccc1Br. The van der Waals surface area contributed by atoms with Gasteiger partial charge in [-0.1, -0.05) is 12.1 Å². The number of anilines is 2. The molecule has 0 fully saturated rings. The molecule has 21 heavy (non-hydrogen) atoms. The van der Waals surface area contributed by atoms with E-state index in [0.29, 0.717) is 17.2 Å². The Balaban J connectivity index is 2.32. The molecule has 0 atom stereocenters. The van der Waals surface area contributed by atoms with Crippen LogP contribution in [0.3, 0.4) is 0 Å². The molecule has 0 saturated heterocycles. The van der Waals surface area contributed by atoms with E-state index in [9.17, 15) is 4.79 Å². The van der Waals surface area contributed by atoms with Gasteiger partial charge in [0.15, 0.2) is 0 Å². The van der Waals surface area contributed by atoms with Crippen LogP contribution < -0.4 is 10.2 Å². The molecule has 1 amide bonds. The van der Waals surface area contributed by atoms with E-state index >= 15 is 0 Å². The lowest BCUT2D eigenvalue weighted by Gasteiger charge is -2.16. The van der Waals surface area contributed by atoms with E-state index in [1.54, 1.807) is 6.07 Å². The lowest BCUT2D eigenvalue weighted by Crippen LogP contribution is -2.18. The number of halogens is 1. The first-order valence-corrected chi connectivity index (χ1v) is 7.28. The van der Waals surface area contributed by atoms with Gasteiger partial charge >= 0.3 is 0 Å². The standard InChI is InChI=1S/C15H17BrN4O/c1-9-13(10(2)18-15(17-9)20(3)4)19-14(21)11-7-5-6-8-12(11)16/h5-8H,1-4H3,(H,19,21). The van der Waals surface area contributed by atoms with E-state index in [2.05, 4.69) is 31.2 Å². The zero-order valence-electron chi connectivity index (χ0n) is 12.4. The minimum Gasteiger partial charge on any atom is -0.347 e. The number of carbonyl (C=O) groups is 1. The molecule has 0 aliphatic rings. The Bertz CT molecular complexity index is 662. The highest BCUT2D eigenvalue weighted by Crippen LogP contribution is 2.22. The van der Waals surface area contributed by atoms with E-state index in [0.717, 1.165) is 15.9 Å². The molecule has 0 spiro atoms. The number of hydrogen-bond acceptors (Lipinski definition) is 4. The Labute approximate surface area is 132 Å². The van der Waals surface area contributed by atoms with Gasteiger partial charge in [-0.05, 0) is 41.9 Å². The van der Waals surface area contributed by atoms with Crippen LogP contribution in [0.15, 0.2) is 28.7 Å². The van der Waals surface area contributed by atoms with Crippen LogP contribution in [-0.2, 0) is 0 Å². The Hall–Kier alpha value is -1.95. The lowest BCUT2D eigenvalue weighted by atomic mass is 10.2. The Kier molecular flexibility index (Phi) is 4.57. The van der Waals surface area contributed by atoms with Gasteiger partial charge in [0, 0.05) is 18.6 Å². The molecule has 1 heterocycles. The van der Waals surface area contributed by atoms with Crippen LogP contribution in [0.5, 0.6) is 0 Å². The largest absolute Gasteiger partial charge is 0.347 e. The van der Waals surface area contributed by atoms with Crippen molar-refractivity contribution in [2.75, 3.05) is 24.3 Å². The maximum Gasteiger partial charge on any atom is 0.256 e. The molecule has 6 heteroatoms. The van der Waals surface area contributed by atoms with Gasteiger partial charge in [0.1, 0.15) is 0 Å². The number of benzene rings is 1. The first kappa shape index (κ1) is 15.4. The number of amides is 1. The molecule has 1 aromatic heterocycles. The molecule has 1 aromatic carbocycles. The van der Waals surface area contributed by atoms with Gasteiger partial charge in [-0.2, -0.15) is 0 Å². The zero-order chi connectivity index (χ0) is 15.6. The third kappa shape index (κ3) is 3.39. The first-order chi connectivity index (χ1) is 9.90. The monoisotopic (exact) mass is 348 g/mol. The van der Waals surface area contributed by atoms with Crippen molar-refractivity contribution in [3.63, 3.8) is 0 Å². The fourth-order valence-electron chi connectivity index (χ4n) is 1.91. The van der Waals surface area contributed by atoms with Crippen LogP contribution >= 0.6 is 15.9 Å². The highest BCUT2D eigenvalue weighted by Gasteiger charge is 2.15. The maximum atomic E-state index is 12.4. The summed E-state index contributed by atoms with van der Waals surface area (Å²) in [6.07, 6.45) is 0. The van der Waals surface area contributed by atoms with Crippen LogP contribution in [0, 0.1) is 13.8 Å². The highest BCUT2D eigenvalue weighted by molar-refractivity contribution is 9.10. The zero-order valence-corrected chi connectivity index (χ0v) is 14.0. The maximum absolute atomic E-state index is 12.4. The molecular weight excluding hydrogens is 332 g/mol. The van der Waals surface area contributed by atoms with Gasteiger partial charge in [0.05, 0.1) is 22.6 Å². The summed E-state index contributed by atoms with van der Waals surface area (Å²) in [6, 6.07) is 7.29. The lowest BCUT2D eigenvalue weighted by molar-refractivity contribution is 0.102. The molecule has 1 N–H and O–H groups in total. The third-order valence-electron chi connectivity index (χ3n) is 3.02. The van der Waals surface area contributed by atoms with Crippen molar-refractivity contribution in [1.82, 2.24) is 9.97 Å². The van der Waals surface area contributed by atoms with Crippen molar-refractivity contribution in [2.45, 2.75) is 13.8 Å². The van der Waals surface area contributed by atoms with E-state index in [1.165, 1.54) is 0 Å². The molecule has 0 aliphatic carbocycles. The summed E-state index contributed by atoms with van der Waals surface area (Å²) >= 11 is 3.38. The molecule has 0 bridgehead atoms. The van der Waals surface area contributed by atoms with Gasteiger partial charge in [-0.15, -0.1) is 0 Å². The van der Waals surface area contributed by atoms with E-state index in [4.69, 9.17) is 0 Å². The van der Waals surface area contributed by atoms with Gasteiger partial charge in [0.2, 0.25) is 5.95 Å². The predicted molar refractivity (Wildman–Crippen MR) is 87.9 cm³/mol. The van der Waals surface area contributed by atoms with E-state index in [-0.39, 0.29) is 5.91 Å². The van der Waals surface area contributed by atoms with Crippen LogP contribution in [0.2, 0.25) is 0 Å². The minimum atomic E-state index is -0.185. The van der Waals surface area contributed by atoms with Crippen LogP contribution in [-0.4, -0.2) is 30.0 Å². The summed E-state index contributed by atoms with van der Waals surface area (Å²) in [5.74, 6) is 0.443. The summed E-state index contributed by atoms with van der Waals surface area (Å²) in [7, 11) is 3.76. The van der Waals surface area contributed by atoms with Crippen LogP contribution in [0.1, 0.15) is 21.7 Å². The van der Waals surface area contributed by atoms with Gasteiger partial charge in [-0.3, -0.25) is 4.79 Å². The minimum absolute atomic E-state index is 0.185. The number of aryl methyl sites for hydroxylation is 2. The number of hydrogen-bond donors (Lipinski definition) is 1. The molecule has 0 saturated carbocycles. The second kappa shape index (κ2) is 6.22. The average Bonchev–Trinajstić information content (AvgIpc) is 2.42. The van der Waals surface area contributed by atoms with Gasteiger partial charge < -0.3 is 10.2 Å². The Morgan fingerprint density at radius 2 is 1.71 bits per heavy atom.